The maximum atomic E-state index is 13.1. The highest BCUT2D eigenvalue weighted by molar-refractivity contribution is 5.83. The van der Waals surface area contributed by atoms with E-state index in [0.29, 0.717) is 25.8 Å². The highest BCUT2D eigenvalue weighted by Gasteiger charge is 2.42. The molecule has 25 heavy (non-hydrogen) atoms. The Morgan fingerprint density at radius 2 is 1.88 bits per heavy atom. The molecule has 0 unspecified atom stereocenters. The molecule has 2 N–H and O–H groups in total. The maximum absolute atomic E-state index is 13.1. The molecular formula is C20H31N3O2. The van der Waals surface area contributed by atoms with Crippen LogP contribution >= 0.6 is 0 Å². The number of rotatable bonds is 5. The largest absolute Gasteiger partial charge is 0.381 e. The van der Waals surface area contributed by atoms with Gasteiger partial charge in [0.15, 0.2) is 0 Å². The van der Waals surface area contributed by atoms with Crippen LogP contribution in [-0.4, -0.2) is 61.6 Å². The van der Waals surface area contributed by atoms with Crippen LogP contribution in [0.15, 0.2) is 30.3 Å². The van der Waals surface area contributed by atoms with E-state index in [9.17, 15) is 4.79 Å². The minimum absolute atomic E-state index is 0.222. The molecule has 0 saturated carbocycles. The van der Waals surface area contributed by atoms with Gasteiger partial charge in [-0.15, -0.1) is 0 Å². The lowest BCUT2D eigenvalue weighted by atomic mass is 9.78. The monoisotopic (exact) mass is 345 g/mol. The summed E-state index contributed by atoms with van der Waals surface area (Å²) in [5.74, 6) is 0.222. The summed E-state index contributed by atoms with van der Waals surface area (Å²) < 4.78 is 5.44. The Labute approximate surface area is 151 Å². The SMILES string of the molecule is CN(C(=O)C1(CN)CCOCC1)C1CCN(Cc2ccccc2)CC1. The van der Waals surface area contributed by atoms with Gasteiger partial charge in [-0.3, -0.25) is 9.69 Å². The number of carbonyl (C=O) groups is 1. The molecule has 0 bridgehead atoms. The lowest BCUT2D eigenvalue weighted by molar-refractivity contribution is -0.149. The number of hydrogen-bond acceptors (Lipinski definition) is 4. The molecule has 1 amide bonds. The standard InChI is InChI=1S/C20H31N3O2/c1-22(19(24)20(16-21)9-13-25-14-10-20)18-7-11-23(12-8-18)15-17-5-3-2-4-6-17/h2-6,18H,7-16,21H2,1H3. The van der Waals surface area contributed by atoms with Crippen molar-refractivity contribution in [2.45, 2.75) is 38.3 Å². The number of carbonyl (C=O) groups excluding carboxylic acids is 1. The molecule has 5 heteroatoms. The van der Waals surface area contributed by atoms with E-state index in [1.807, 2.05) is 11.9 Å². The molecule has 0 radical (unpaired) electrons. The topological polar surface area (TPSA) is 58.8 Å². The molecule has 0 aliphatic carbocycles. The Morgan fingerprint density at radius 1 is 1.24 bits per heavy atom. The van der Waals surface area contributed by atoms with Crippen molar-refractivity contribution < 1.29 is 9.53 Å². The first-order valence-corrected chi connectivity index (χ1v) is 9.46. The zero-order valence-electron chi connectivity index (χ0n) is 15.3. The number of benzene rings is 1. The third kappa shape index (κ3) is 4.22. The Hall–Kier alpha value is -1.43. The smallest absolute Gasteiger partial charge is 0.230 e. The average Bonchev–Trinajstić information content (AvgIpc) is 2.69. The fraction of sp³-hybridized carbons (Fsp3) is 0.650. The normalized spacial score (nSPS) is 21.8. The second kappa shape index (κ2) is 8.30. The molecule has 138 valence electrons. The van der Waals surface area contributed by atoms with Gasteiger partial charge in [0, 0.05) is 52.5 Å². The Morgan fingerprint density at radius 3 is 2.48 bits per heavy atom. The van der Waals surface area contributed by atoms with Crippen molar-refractivity contribution in [1.29, 1.82) is 0 Å². The Bertz CT molecular complexity index is 549. The van der Waals surface area contributed by atoms with Gasteiger partial charge in [-0.05, 0) is 31.2 Å². The van der Waals surface area contributed by atoms with Crippen LogP contribution in [0.2, 0.25) is 0 Å². The number of amides is 1. The summed E-state index contributed by atoms with van der Waals surface area (Å²) in [6.45, 7) is 4.78. The summed E-state index contributed by atoms with van der Waals surface area (Å²) in [4.78, 5) is 17.6. The van der Waals surface area contributed by atoms with Crippen LogP contribution in [0.1, 0.15) is 31.2 Å². The number of likely N-dealkylation sites (tertiary alicyclic amines) is 1. The Balaban J connectivity index is 1.54. The van der Waals surface area contributed by atoms with Crippen LogP contribution < -0.4 is 5.73 Å². The minimum Gasteiger partial charge on any atom is -0.381 e. The van der Waals surface area contributed by atoms with E-state index in [1.165, 1.54) is 5.56 Å². The third-order valence-electron chi connectivity index (χ3n) is 5.97. The van der Waals surface area contributed by atoms with Crippen LogP contribution in [-0.2, 0) is 16.1 Å². The molecule has 5 nitrogen and oxygen atoms in total. The molecule has 1 aromatic carbocycles. The predicted octanol–water partition coefficient (Wildman–Crippen LogP) is 1.86. The minimum atomic E-state index is -0.409. The summed E-state index contributed by atoms with van der Waals surface area (Å²) in [5, 5.41) is 0. The first-order valence-electron chi connectivity index (χ1n) is 9.46. The van der Waals surface area contributed by atoms with E-state index in [4.69, 9.17) is 10.5 Å². The second-order valence-corrected chi connectivity index (χ2v) is 7.51. The van der Waals surface area contributed by atoms with Gasteiger partial charge in [0.25, 0.3) is 0 Å². The summed E-state index contributed by atoms with van der Waals surface area (Å²) in [6.07, 6.45) is 3.57. The molecule has 2 heterocycles. The van der Waals surface area contributed by atoms with Crippen molar-refractivity contribution in [2.75, 3.05) is 39.9 Å². The van der Waals surface area contributed by atoms with Crippen molar-refractivity contribution in [1.82, 2.24) is 9.80 Å². The molecule has 2 aliphatic heterocycles. The van der Waals surface area contributed by atoms with E-state index in [2.05, 4.69) is 35.2 Å². The Kier molecular flexibility index (Phi) is 6.10. The first-order chi connectivity index (χ1) is 12.1. The molecule has 1 aromatic rings. The average molecular weight is 345 g/mol. The molecule has 0 spiro atoms. The van der Waals surface area contributed by atoms with Gasteiger partial charge in [-0.1, -0.05) is 30.3 Å². The fourth-order valence-corrected chi connectivity index (χ4v) is 4.11. The first kappa shape index (κ1) is 18.4. The number of ether oxygens (including phenoxy) is 1. The van der Waals surface area contributed by atoms with Gasteiger partial charge in [0.2, 0.25) is 5.91 Å². The quantitative estimate of drug-likeness (QED) is 0.885. The highest BCUT2D eigenvalue weighted by Crippen LogP contribution is 2.33. The van der Waals surface area contributed by atoms with Crippen molar-refractivity contribution in [3.63, 3.8) is 0 Å². The van der Waals surface area contributed by atoms with Crippen LogP contribution in [0, 0.1) is 5.41 Å². The summed E-state index contributed by atoms with van der Waals surface area (Å²) in [5.41, 5.74) is 6.95. The molecule has 2 fully saturated rings. The number of hydrogen-bond donors (Lipinski definition) is 1. The number of nitrogens with two attached hydrogens (primary N) is 1. The van der Waals surface area contributed by atoms with Crippen molar-refractivity contribution >= 4 is 5.91 Å². The lowest BCUT2D eigenvalue weighted by Gasteiger charge is -2.42. The molecule has 2 aliphatic rings. The number of nitrogens with zero attached hydrogens (tertiary/aromatic N) is 2. The van der Waals surface area contributed by atoms with Gasteiger partial charge in [0.1, 0.15) is 0 Å². The molecule has 3 rings (SSSR count). The molecule has 2 saturated heterocycles. The van der Waals surface area contributed by atoms with Crippen molar-refractivity contribution in [3.05, 3.63) is 35.9 Å². The molecular weight excluding hydrogens is 314 g/mol. The summed E-state index contributed by atoms with van der Waals surface area (Å²) in [6, 6.07) is 10.9. The van der Waals surface area contributed by atoms with Crippen LogP contribution in [0.25, 0.3) is 0 Å². The van der Waals surface area contributed by atoms with Gasteiger partial charge < -0.3 is 15.4 Å². The molecule has 0 atom stereocenters. The highest BCUT2D eigenvalue weighted by atomic mass is 16.5. The van der Waals surface area contributed by atoms with Crippen LogP contribution in [0.3, 0.4) is 0 Å². The van der Waals surface area contributed by atoms with Crippen molar-refractivity contribution in [2.24, 2.45) is 11.1 Å². The zero-order valence-corrected chi connectivity index (χ0v) is 15.3. The zero-order chi connectivity index (χ0) is 17.7. The molecule has 0 aromatic heterocycles. The van der Waals surface area contributed by atoms with E-state index >= 15 is 0 Å². The third-order valence-corrected chi connectivity index (χ3v) is 5.97. The van der Waals surface area contributed by atoms with E-state index in [0.717, 1.165) is 45.3 Å². The van der Waals surface area contributed by atoms with E-state index < -0.39 is 5.41 Å². The van der Waals surface area contributed by atoms with Gasteiger partial charge in [-0.2, -0.15) is 0 Å². The van der Waals surface area contributed by atoms with Gasteiger partial charge in [0.05, 0.1) is 5.41 Å². The fourth-order valence-electron chi connectivity index (χ4n) is 4.11. The van der Waals surface area contributed by atoms with E-state index in [1.54, 1.807) is 0 Å². The van der Waals surface area contributed by atoms with Crippen LogP contribution in [0.4, 0.5) is 0 Å². The van der Waals surface area contributed by atoms with Gasteiger partial charge in [-0.25, -0.2) is 0 Å². The van der Waals surface area contributed by atoms with Crippen molar-refractivity contribution in [3.8, 4) is 0 Å². The van der Waals surface area contributed by atoms with E-state index in [-0.39, 0.29) is 5.91 Å². The van der Waals surface area contributed by atoms with Gasteiger partial charge >= 0.3 is 0 Å². The van der Waals surface area contributed by atoms with Crippen LogP contribution in [0.5, 0.6) is 0 Å². The maximum Gasteiger partial charge on any atom is 0.230 e. The summed E-state index contributed by atoms with van der Waals surface area (Å²) in [7, 11) is 1.97. The summed E-state index contributed by atoms with van der Waals surface area (Å²) >= 11 is 0. The predicted molar refractivity (Wildman–Crippen MR) is 99.1 cm³/mol. The lowest BCUT2D eigenvalue weighted by Crippen LogP contribution is -2.54. The number of piperidine rings is 1. The second-order valence-electron chi connectivity index (χ2n) is 7.51.